The van der Waals surface area contributed by atoms with Crippen LogP contribution in [0.2, 0.25) is 0 Å². The van der Waals surface area contributed by atoms with E-state index < -0.39 is 6.04 Å². The highest BCUT2D eigenvalue weighted by Gasteiger charge is 2.19. The van der Waals surface area contributed by atoms with E-state index in [4.69, 9.17) is 4.74 Å². The van der Waals surface area contributed by atoms with E-state index in [9.17, 15) is 9.59 Å². The maximum absolute atomic E-state index is 12.3. The fourth-order valence-electron chi connectivity index (χ4n) is 2.21. The molecule has 0 fully saturated rings. The molecule has 0 bridgehead atoms. The van der Waals surface area contributed by atoms with Crippen LogP contribution in [0.1, 0.15) is 18.1 Å². The zero-order chi connectivity index (χ0) is 17.2. The Labute approximate surface area is 142 Å². The number of carbonyl (C=O) groups is 2. The van der Waals surface area contributed by atoms with Crippen LogP contribution in [0, 0.1) is 0 Å². The molecule has 24 heavy (non-hydrogen) atoms. The number of rotatable bonds is 8. The number of nitrogens with one attached hydrogen (secondary N) is 2. The molecule has 0 aromatic heterocycles. The molecule has 1 atom stereocenters. The largest absolute Gasteiger partial charge is 0.374 e. The summed E-state index contributed by atoms with van der Waals surface area (Å²) in [5.74, 6) is -0.528. The molecule has 2 rings (SSSR count). The minimum Gasteiger partial charge on any atom is -0.374 e. The van der Waals surface area contributed by atoms with Crippen LogP contribution in [-0.2, 0) is 27.5 Å². The van der Waals surface area contributed by atoms with Gasteiger partial charge in [-0.05, 0) is 11.1 Å². The number of amides is 2. The Balaban J connectivity index is 1.84. The Morgan fingerprint density at radius 1 is 0.958 bits per heavy atom. The summed E-state index contributed by atoms with van der Waals surface area (Å²) in [6.07, 6.45) is 0. The van der Waals surface area contributed by atoms with Crippen molar-refractivity contribution in [3.63, 3.8) is 0 Å². The summed E-state index contributed by atoms with van der Waals surface area (Å²) in [5, 5.41) is 5.45. The van der Waals surface area contributed by atoms with Gasteiger partial charge in [-0.15, -0.1) is 0 Å². The lowest BCUT2D eigenvalue weighted by Gasteiger charge is -2.18. The van der Waals surface area contributed by atoms with Crippen molar-refractivity contribution >= 4 is 11.8 Å². The molecular weight excluding hydrogens is 304 g/mol. The van der Waals surface area contributed by atoms with E-state index in [1.54, 1.807) is 0 Å². The number of carbonyl (C=O) groups excluding carboxylic acids is 2. The van der Waals surface area contributed by atoms with Crippen LogP contribution >= 0.6 is 0 Å². The van der Waals surface area contributed by atoms with Gasteiger partial charge in [-0.3, -0.25) is 9.59 Å². The van der Waals surface area contributed by atoms with Gasteiger partial charge in [-0.2, -0.15) is 0 Å². The summed E-state index contributed by atoms with van der Waals surface area (Å²) < 4.78 is 5.58. The number of hydrogen-bond donors (Lipinski definition) is 2. The molecule has 0 saturated carbocycles. The van der Waals surface area contributed by atoms with E-state index in [-0.39, 0.29) is 18.4 Å². The van der Waals surface area contributed by atoms with Crippen molar-refractivity contribution in [3.8, 4) is 0 Å². The Morgan fingerprint density at radius 3 is 2.12 bits per heavy atom. The highest BCUT2D eigenvalue weighted by molar-refractivity contribution is 5.86. The molecule has 0 aliphatic rings. The van der Waals surface area contributed by atoms with Crippen LogP contribution < -0.4 is 10.6 Å². The normalized spacial score (nSPS) is 11.5. The van der Waals surface area contributed by atoms with Crippen molar-refractivity contribution in [3.05, 3.63) is 71.8 Å². The van der Waals surface area contributed by atoms with Crippen molar-refractivity contribution in [2.45, 2.75) is 26.1 Å². The SMILES string of the molecule is CC(=O)N[C@H](COCc1ccccc1)C(=O)NCc1ccccc1. The summed E-state index contributed by atoms with van der Waals surface area (Å²) in [4.78, 5) is 23.6. The summed E-state index contributed by atoms with van der Waals surface area (Å²) in [5.41, 5.74) is 2.02. The van der Waals surface area contributed by atoms with Crippen LogP contribution in [0.15, 0.2) is 60.7 Å². The van der Waals surface area contributed by atoms with Gasteiger partial charge in [0.2, 0.25) is 11.8 Å². The van der Waals surface area contributed by atoms with Gasteiger partial charge in [0.15, 0.2) is 0 Å². The topological polar surface area (TPSA) is 67.4 Å². The van der Waals surface area contributed by atoms with Crippen LogP contribution in [0.5, 0.6) is 0 Å². The average Bonchev–Trinajstić information content (AvgIpc) is 2.60. The lowest BCUT2D eigenvalue weighted by molar-refractivity contribution is -0.130. The van der Waals surface area contributed by atoms with Crippen LogP contribution in [0.3, 0.4) is 0 Å². The van der Waals surface area contributed by atoms with Crippen molar-refractivity contribution in [2.75, 3.05) is 6.61 Å². The lowest BCUT2D eigenvalue weighted by Crippen LogP contribution is -2.48. The lowest BCUT2D eigenvalue weighted by atomic mass is 10.2. The van der Waals surface area contributed by atoms with Crippen molar-refractivity contribution in [1.82, 2.24) is 10.6 Å². The highest BCUT2D eigenvalue weighted by Crippen LogP contribution is 2.02. The second-order valence-electron chi connectivity index (χ2n) is 5.46. The van der Waals surface area contributed by atoms with E-state index in [0.29, 0.717) is 13.2 Å². The Bertz CT molecular complexity index is 644. The highest BCUT2D eigenvalue weighted by atomic mass is 16.5. The smallest absolute Gasteiger partial charge is 0.245 e. The predicted molar refractivity (Wildman–Crippen MR) is 92.0 cm³/mol. The van der Waals surface area contributed by atoms with Gasteiger partial charge in [0, 0.05) is 13.5 Å². The third-order valence-corrected chi connectivity index (χ3v) is 3.40. The molecule has 0 unspecified atom stereocenters. The van der Waals surface area contributed by atoms with E-state index in [1.807, 2.05) is 60.7 Å². The van der Waals surface area contributed by atoms with Crippen molar-refractivity contribution in [1.29, 1.82) is 0 Å². The molecular formula is C19H22N2O3. The molecule has 0 saturated heterocycles. The molecule has 2 aromatic rings. The summed E-state index contributed by atoms with van der Waals surface area (Å²) in [6, 6.07) is 18.6. The molecule has 0 spiro atoms. The first-order valence-electron chi connectivity index (χ1n) is 7.85. The van der Waals surface area contributed by atoms with Gasteiger partial charge in [-0.1, -0.05) is 60.7 Å². The van der Waals surface area contributed by atoms with E-state index in [0.717, 1.165) is 11.1 Å². The number of benzene rings is 2. The molecule has 0 aliphatic heterocycles. The first-order chi connectivity index (χ1) is 11.6. The maximum atomic E-state index is 12.3. The second-order valence-corrected chi connectivity index (χ2v) is 5.46. The van der Waals surface area contributed by atoms with Gasteiger partial charge in [0.25, 0.3) is 0 Å². The fourth-order valence-corrected chi connectivity index (χ4v) is 2.21. The minimum atomic E-state index is -0.713. The van der Waals surface area contributed by atoms with Crippen molar-refractivity contribution < 1.29 is 14.3 Å². The zero-order valence-corrected chi connectivity index (χ0v) is 13.7. The Hall–Kier alpha value is -2.66. The third-order valence-electron chi connectivity index (χ3n) is 3.40. The van der Waals surface area contributed by atoms with Crippen LogP contribution in [-0.4, -0.2) is 24.5 Å². The van der Waals surface area contributed by atoms with Crippen LogP contribution in [0.25, 0.3) is 0 Å². The second kappa shape index (κ2) is 9.47. The molecule has 5 nitrogen and oxygen atoms in total. The maximum Gasteiger partial charge on any atom is 0.245 e. The van der Waals surface area contributed by atoms with Gasteiger partial charge >= 0.3 is 0 Å². The molecule has 0 aliphatic carbocycles. The minimum absolute atomic E-state index is 0.120. The standard InChI is InChI=1S/C19H22N2O3/c1-15(22)21-18(14-24-13-17-10-6-3-7-11-17)19(23)20-12-16-8-4-2-5-9-16/h2-11,18H,12-14H2,1H3,(H,20,23)(H,21,22)/t18-/m1/s1. The van der Waals surface area contributed by atoms with Gasteiger partial charge in [0.05, 0.1) is 13.2 Å². The molecule has 2 aromatic carbocycles. The molecule has 126 valence electrons. The summed E-state index contributed by atoms with van der Waals surface area (Å²) in [7, 11) is 0. The predicted octanol–water partition coefficient (Wildman–Crippen LogP) is 2.02. The Morgan fingerprint density at radius 2 is 1.54 bits per heavy atom. The molecule has 0 heterocycles. The van der Waals surface area contributed by atoms with Gasteiger partial charge in [-0.25, -0.2) is 0 Å². The van der Waals surface area contributed by atoms with Gasteiger partial charge < -0.3 is 15.4 Å². The summed E-state index contributed by atoms with van der Waals surface area (Å²) in [6.45, 7) is 2.31. The van der Waals surface area contributed by atoms with E-state index in [1.165, 1.54) is 6.92 Å². The fraction of sp³-hybridized carbons (Fsp3) is 0.263. The average molecular weight is 326 g/mol. The number of hydrogen-bond acceptors (Lipinski definition) is 3. The monoisotopic (exact) mass is 326 g/mol. The third kappa shape index (κ3) is 6.22. The first kappa shape index (κ1) is 17.7. The van der Waals surface area contributed by atoms with E-state index >= 15 is 0 Å². The number of ether oxygens (including phenoxy) is 1. The van der Waals surface area contributed by atoms with Gasteiger partial charge in [0.1, 0.15) is 6.04 Å². The quantitative estimate of drug-likeness (QED) is 0.780. The molecule has 2 amide bonds. The first-order valence-corrected chi connectivity index (χ1v) is 7.85. The molecule has 2 N–H and O–H groups in total. The van der Waals surface area contributed by atoms with E-state index in [2.05, 4.69) is 10.6 Å². The summed E-state index contributed by atoms with van der Waals surface area (Å²) >= 11 is 0. The van der Waals surface area contributed by atoms with Crippen LogP contribution in [0.4, 0.5) is 0 Å². The molecule has 0 radical (unpaired) electrons. The van der Waals surface area contributed by atoms with Crippen molar-refractivity contribution in [2.24, 2.45) is 0 Å². The zero-order valence-electron chi connectivity index (χ0n) is 13.7. The Kier molecular flexibility index (Phi) is 6.98. The molecule has 5 heteroatoms.